The van der Waals surface area contributed by atoms with Crippen molar-refractivity contribution in [2.45, 2.75) is 206 Å². The van der Waals surface area contributed by atoms with Crippen LogP contribution in [-0.2, 0) is 9.59 Å². The largest absolute Gasteiger partial charge is 0.336 e. The van der Waals surface area contributed by atoms with E-state index in [2.05, 4.69) is 29.8 Å². The van der Waals surface area contributed by atoms with E-state index in [0.717, 1.165) is 32.2 Å². The minimum atomic E-state index is -0.272. The first-order valence-electron chi connectivity index (χ1n) is 18.4. The fourth-order valence-electron chi connectivity index (χ4n) is 5.61. The maximum atomic E-state index is 12.5. The highest BCUT2D eigenvalue weighted by Gasteiger charge is 2.14. The summed E-state index contributed by atoms with van der Waals surface area (Å²) < 4.78 is 0. The zero-order valence-electron chi connectivity index (χ0n) is 28.1. The van der Waals surface area contributed by atoms with Crippen LogP contribution in [0.2, 0.25) is 0 Å². The molecular weight excluding hydrogens is 506 g/mol. The zero-order valence-corrected chi connectivity index (χ0v) is 28.1. The van der Waals surface area contributed by atoms with Gasteiger partial charge in [0.15, 0.2) is 0 Å². The molecule has 0 aliphatic rings. The molecule has 0 aromatic carbocycles. The molecule has 0 radical (unpaired) electrons. The predicted octanol–water partition coefficient (Wildman–Crippen LogP) is 10.1. The number of amides is 2. The van der Waals surface area contributed by atoms with Crippen LogP contribution in [0.5, 0.6) is 0 Å². The summed E-state index contributed by atoms with van der Waals surface area (Å²) >= 11 is 0. The Labute approximate surface area is 256 Å². The number of rotatable bonds is 33. The van der Waals surface area contributed by atoms with Crippen molar-refractivity contribution in [2.75, 3.05) is 13.6 Å². The van der Waals surface area contributed by atoms with Crippen LogP contribution in [0.15, 0.2) is 0 Å². The van der Waals surface area contributed by atoms with E-state index in [1.165, 1.54) is 141 Å². The summed E-state index contributed by atoms with van der Waals surface area (Å²) in [5.74, 6) is 0.130. The van der Waals surface area contributed by atoms with E-state index < -0.39 is 0 Å². The summed E-state index contributed by atoms with van der Waals surface area (Å²) in [5, 5.41) is 9.26. The number of unbranched alkanes of at least 4 members (excludes halogenated alkanes) is 24. The second kappa shape index (κ2) is 33.4. The van der Waals surface area contributed by atoms with Gasteiger partial charge in [0.1, 0.15) is 6.17 Å². The zero-order chi connectivity index (χ0) is 30.1. The number of carbonyl (C=O) groups is 2. The van der Waals surface area contributed by atoms with E-state index in [-0.39, 0.29) is 18.0 Å². The van der Waals surface area contributed by atoms with Gasteiger partial charge in [0.2, 0.25) is 11.8 Å². The van der Waals surface area contributed by atoms with E-state index in [0.29, 0.717) is 19.3 Å². The molecule has 0 rings (SSSR count). The van der Waals surface area contributed by atoms with Gasteiger partial charge >= 0.3 is 0 Å². The van der Waals surface area contributed by atoms with Gasteiger partial charge < -0.3 is 16.0 Å². The fraction of sp³-hybridized carbons (Fsp3) is 0.944. The van der Waals surface area contributed by atoms with E-state index in [1.54, 1.807) is 0 Å². The normalized spacial score (nSPS) is 11.3. The van der Waals surface area contributed by atoms with Gasteiger partial charge in [-0.25, -0.2) is 0 Å². The van der Waals surface area contributed by atoms with Crippen molar-refractivity contribution in [3.05, 3.63) is 0 Å². The predicted molar refractivity (Wildman–Crippen MR) is 179 cm³/mol. The summed E-state index contributed by atoms with van der Waals surface area (Å²) in [4.78, 5) is 25.0. The van der Waals surface area contributed by atoms with Gasteiger partial charge in [-0.2, -0.15) is 0 Å². The van der Waals surface area contributed by atoms with Crippen molar-refractivity contribution in [2.24, 2.45) is 0 Å². The van der Waals surface area contributed by atoms with Gasteiger partial charge in [-0.3, -0.25) is 9.59 Å². The number of carbonyl (C=O) groups excluding carboxylic acids is 2. The molecule has 0 aromatic rings. The Bertz CT molecular complexity index is 511. The minimum Gasteiger partial charge on any atom is -0.336 e. The summed E-state index contributed by atoms with van der Waals surface area (Å²) in [5.41, 5.74) is 0. The Kier molecular flexibility index (Phi) is 32.5. The van der Waals surface area contributed by atoms with Gasteiger partial charge in [0, 0.05) is 12.8 Å². The molecule has 0 heterocycles. The lowest BCUT2D eigenvalue weighted by Gasteiger charge is -2.20. The van der Waals surface area contributed by atoms with Crippen molar-refractivity contribution in [3.63, 3.8) is 0 Å². The third kappa shape index (κ3) is 31.7. The standard InChI is InChI=1S/C36H73N3O2/c1-4-6-8-10-12-14-16-18-20-22-24-26-28-30-35(40)38-34(32-33-37-3)39-36(41)31-29-27-25-23-21-19-17-15-13-11-9-7-5-2/h34,37H,4-33H2,1-3H3,(H,38,40)(H,39,41). The Balaban J connectivity index is 3.75. The molecule has 41 heavy (non-hydrogen) atoms. The van der Waals surface area contributed by atoms with Crippen LogP contribution in [0.1, 0.15) is 200 Å². The lowest BCUT2D eigenvalue weighted by molar-refractivity contribution is -0.124. The van der Waals surface area contributed by atoms with E-state index in [1.807, 2.05) is 7.05 Å². The van der Waals surface area contributed by atoms with Crippen molar-refractivity contribution in [1.29, 1.82) is 0 Å². The summed E-state index contributed by atoms with van der Waals surface area (Å²) in [6.07, 6.45) is 35.6. The third-order valence-corrected chi connectivity index (χ3v) is 8.37. The van der Waals surface area contributed by atoms with Gasteiger partial charge in [-0.1, -0.05) is 168 Å². The minimum absolute atomic E-state index is 0.0652. The van der Waals surface area contributed by atoms with E-state index >= 15 is 0 Å². The molecule has 0 aliphatic carbocycles. The Morgan fingerprint density at radius 3 is 0.976 bits per heavy atom. The molecule has 0 fully saturated rings. The maximum absolute atomic E-state index is 12.5. The van der Waals surface area contributed by atoms with Gasteiger partial charge in [0.05, 0.1) is 0 Å². The van der Waals surface area contributed by atoms with Gasteiger partial charge in [0.25, 0.3) is 0 Å². The third-order valence-electron chi connectivity index (χ3n) is 8.37. The van der Waals surface area contributed by atoms with Crippen LogP contribution in [-0.4, -0.2) is 31.6 Å². The monoisotopic (exact) mass is 580 g/mol. The number of hydrogen-bond acceptors (Lipinski definition) is 3. The summed E-state index contributed by atoms with van der Waals surface area (Å²) in [6.45, 7) is 5.31. The lowest BCUT2D eigenvalue weighted by Crippen LogP contribution is -2.49. The molecule has 0 spiro atoms. The first-order chi connectivity index (χ1) is 20.1. The molecule has 0 aromatic heterocycles. The summed E-state index contributed by atoms with van der Waals surface area (Å²) in [6, 6.07) is 0. The Morgan fingerprint density at radius 2 is 0.707 bits per heavy atom. The van der Waals surface area contributed by atoms with Crippen LogP contribution in [0.4, 0.5) is 0 Å². The van der Waals surface area contributed by atoms with Gasteiger partial charge in [-0.15, -0.1) is 0 Å². The average Bonchev–Trinajstić information content (AvgIpc) is 2.96. The maximum Gasteiger partial charge on any atom is 0.221 e. The SMILES string of the molecule is CCCCCCCCCCCCCCCC(=O)NC(CCNC)NC(=O)CCCCCCCCCCCCCCC. The van der Waals surface area contributed by atoms with Gasteiger partial charge in [-0.05, 0) is 32.9 Å². The molecular formula is C36H73N3O2. The second-order valence-electron chi connectivity index (χ2n) is 12.6. The quantitative estimate of drug-likeness (QED) is 0.0535. The molecule has 0 aliphatic heterocycles. The first kappa shape index (κ1) is 39.9. The number of nitrogens with one attached hydrogen (secondary N) is 3. The lowest BCUT2D eigenvalue weighted by atomic mass is 10.0. The molecule has 244 valence electrons. The smallest absolute Gasteiger partial charge is 0.221 e. The van der Waals surface area contributed by atoms with Crippen LogP contribution in [0, 0.1) is 0 Å². The first-order valence-corrected chi connectivity index (χ1v) is 18.4. The molecule has 3 N–H and O–H groups in total. The van der Waals surface area contributed by atoms with Crippen molar-refractivity contribution < 1.29 is 9.59 Å². The molecule has 2 amide bonds. The Hall–Kier alpha value is -1.10. The van der Waals surface area contributed by atoms with Crippen LogP contribution >= 0.6 is 0 Å². The highest BCUT2D eigenvalue weighted by atomic mass is 16.2. The molecule has 0 saturated carbocycles. The Morgan fingerprint density at radius 1 is 0.439 bits per heavy atom. The highest BCUT2D eigenvalue weighted by molar-refractivity contribution is 5.79. The van der Waals surface area contributed by atoms with Crippen LogP contribution in [0.25, 0.3) is 0 Å². The average molecular weight is 580 g/mol. The molecule has 0 unspecified atom stereocenters. The highest BCUT2D eigenvalue weighted by Crippen LogP contribution is 2.14. The van der Waals surface area contributed by atoms with Crippen molar-refractivity contribution in [1.82, 2.24) is 16.0 Å². The van der Waals surface area contributed by atoms with E-state index in [9.17, 15) is 9.59 Å². The topological polar surface area (TPSA) is 70.2 Å². The molecule has 0 saturated heterocycles. The molecule has 5 nitrogen and oxygen atoms in total. The van der Waals surface area contributed by atoms with E-state index in [4.69, 9.17) is 0 Å². The van der Waals surface area contributed by atoms with Crippen molar-refractivity contribution >= 4 is 11.8 Å². The van der Waals surface area contributed by atoms with Crippen LogP contribution < -0.4 is 16.0 Å². The molecule has 0 atom stereocenters. The van der Waals surface area contributed by atoms with Crippen LogP contribution in [0.3, 0.4) is 0 Å². The number of hydrogen-bond donors (Lipinski definition) is 3. The summed E-state index contributed by atoms with van der Waals surface area (Å²) in [7, 11) is 1.90. The fourth-order valence-corrected chi connectivity index (χ4v) is 5.61. The molecule has 5 heteroatoms. The van der Waals surface area contributed by atoms with Crippen molar-refractivity contribution in [3.8, 4) is 0 Å². The second-order valence-corrected chi connectivity index (χ2v) is 12.6. The molecule has 0 bridgehead atoms.